The van der Waals surface area contributed by atoms with Gasteiger partial charge in [0.05, 0.1) is 67.6 Å². The molecule has 6 aromatic carbocycles. The molecule has 3 heterocycles. The molecule has 0 saturated heterocycles. The molecule has 3 aromatic heterocycles. The van der Waals surface area contributed by atoms with E-state index in [1.165, 1.54) is 117 Å². The minimum atomic E-state index is -0.792. The molecule has 19 nitrogen and oxygen atoms in total. The van der Waals surface area contributed by atoms with E-state index in [1.54, 1.807) is 12.5 Å². The van der Waals surface area contributed by atoms with Crippen LogP contribution in [0.25, 0.3) is 33.8 Å². The number of rotatable bonds is 28. The van der Waals surface area contributed by atoms with Crippen LogP contribution in [-0.4, -0.2) is 95.4 Å². The van der Waals surface area contributed by atoms with Crippen LogP contribution in [0.2, 0.25) is 5.35 Å². The Balaban J connectivity index is 0.000000213. The number of anilines is 8. The second kappa shape index (κ2) is 45.1. The Morgan fingerprint density at radius 3 is 1.10 bits per heavy atom. The maximum Gasteiger partial charge on any atom is 1.00 e. The number of nitrogens with one attached hydrogen (secondary N) is 2. The van der Waals surface area contributed by atoms with Crippen LogP contribution in [0.3, 0.4) is 0 Å². The van der Waals surface area contributed by atoms with E-state index in [0.29, 0.717) is 60.8 Å². The summed E-state index contributed by atoms with van der Waals surface area (Å²) in [5, 5.41) is 16.4. The number of benzene rings is 6. The quantitative estimate of drug-likeness (QED) is 0.0202. The van der Waals surface area contributed by atoms with Crippen LogP contribution in [-0.2, 0) is 23.9 Å². The van der Waals surface area contributed by atoms with Crippen LogP contribution in [0.4, 0.5) is 46.2 Å². The van der Waals surface area contributed by atoms with E-state index in [9.17, 15) is 19.5 Å². The number of nitrogens with zero attached hydrogens (tertiary/aromatic N) is 6. The summed E-state index contributed by atoms with van der Waals surface area (Å²) in [6.07, 6.45) is 24.7. The molecule has 21 heteroatoms. The van der Waals surface area contributed by atoms with Crippen molar-refractivity contribution in [3.63, 3.8) is 0 Å². The Morgan fingerprint density at radius 1 is 0.464 bits per heavy atom. The second-order valence-electron chi connectivity index (χ2n) is 30.7. The summed E-state index contributed by atoms with van der Waals surface area (Å²) in [6, 6.07) is 51.3. The van der Waals surface area contributed by atoms with E-state index in [-0.39, 0.29) is 76.5 Å². The molecule has 9 aromatic rings. The third kappa shape index (κ3) is 26.8. The van der Waals surface area contributed by atoms with Gasteiger partial charge < -0.3 is 64.4 Å². The summed E-state index contributed by atoms with van der Waals surface area (Å²) >= 11 is 5.53. The number of esters is 2. The first-order valence-electron chi connectivity index (χ1n) is 39.2. The number of halogens is 1. The standard InChI is InChI=1S/C30H39N3O3.C29H37N3O3.C21H34N2O2.C9H6ClNO.Na.H2O/c1-21(2)19-33(25-13-9-6-10-14-25)28-16-15-24(22(3)17-29(34)35-4)18-26(28)31-30-32-27(20-36-30)23-11-7-5-8-12-23;1-20(2)18-32(24-12-8-5-9-13-24)27-15-14-23(21(3)16-28(33)34)17-25(27)30-29-31-26(19-35-29)22-10-6-4-7-11-22;1-15(2)14-23(18-8-6-5-7-9-18)20-11-10-17(13-19(20)22)16(3)12-21(24)25-4;10-9-11-8(6-12-9)7-4-2-1-3-5-7;;/h5,7-8,11-12,15-16,18,20-22,25H,6,9-10,13-14,17,19H2,1-4H3,(H,31,32);4,6-7,10-11,14-15,17,19-21,24H,5,8-9,12-13,16,18H2,1-3H3,(H,30,31)(H,33,34);10-11,13,15-16,18H,5-9,12,14,22H2,1-4H3;1-6H;;1H2/q;;;;+1;/p-1. The fourth-order valence-corrected chi connectivity index (χ4v) is 15.0. The van der Waals surface area contributed by atoms with E-state index in [4.69, 9.17) is 45.0 Å². The number of methoxy groups -OCH3 is 2. The Morgan fingerprint density at radius 2 is 0.782 bits per heavy atom. The van der Waals surface area contributed by atoms with Crippen LogP contribution in [0.15, 0.2) is 178 Å². The van der Waals surface area contributed by atoms with E-state index >= 15 is 0 Å². The van der Waals surface area contributed by atoms with Crippen molar-refractivity contribution in [2.24, 2.45) is 17.8 Å². The molecule has 3 atom stereocenters. The van der Waals surface area contributed by atoms with E-state index in [1.807, 2.05) is 111 Å². The zero-order valence-electron chi connectivity index (χ0n) is 66.9. The summed E-state index contributed by atoms with van der Waals surface area (Å²) in [5.74, 6) is 0.510. The molecule has 3 aliphatic carbocycles. The number of aromatic nitrogens is 3. The number of hydrogen-bond acceptors (Lipinski definition) is 18. The van der Waals surface area contributed by atoms with Gasteiger partial charge in [0.1, 0.15) is 35.9 Å². The minimum absolute atomic E-state index is 0. The topological polar surface area (TPSA) is 258 Å². The summed E-state index contributed by atoms with van der Waals surface area (Å²) in [6.45, 7) is 22.6. The summed E-state index contributed by atoms with van der Waals surface area (Å²) in [7, 11) is 2.87. The van der Waals surface area contributed by atoms with E-state index in [0.717, 1.165) is 104 Å². The number of carbonyl (C=O) groups is 3. The van der Waals surface area contributed by atoms with Crippen molar-refractivity contribution in [2.45, 2.75) is 214 Å². The SMILES string of the molecule is CC(C)CN(c1ccc(C(C)CC(=O)O)cc1Nc1nc(-c2ccccc2)co1)C1CCCCC1.COC(=O)CC(C)c1ccc(N(CC(C)C)C2CCCCC2)c(N)c1.COC(=O)CC(C)c1ccc(N(CC(C)C)C2CCCCC2)c(Nc2nc(-c3ccccc3)co2)c1.Clc1nc(-c2ccccc2)co1.[Na+].[OH-]. The van der Waals surface area contributed by atoms with Gasteiger partial charge in [-0.05, 0) is 139 Å². The fraction of sp³-hybridized carbons (Fsp3) is 0.461. The first-order valence-corrected chi connectivity index (χ1v) is 39.6. The van der Waals surface area contributed by atoms with Gasteiger partial charge in [-0.2, -0.15) is 15.0 Å². The van der Waals surface area contributed by atoms with Gasteiger partial charge in [0, 0.05) is 54.5 Å². The van der Waals surface area contributed by atoms with Crippen molar-refractivity contribution in [1.29, 1.82) is 0 Å². The number of carbonyl (C=O) groups excluding carboxylic acids is 2. The molecule has 12 rings (SSSR count). The van der Waals surface area contributed by atoms with Gasteiger partial charge in [-0.25, -0.2) is 0 Å². The van der Waals surface area contributed by atoms with Crippen molar-refractivity contribution in [2.75, 3.05) is 64.9 Å². The fourth-order valence-electron chi connectivity index (χ4n) is 14.9. The number of hydrogen-bond donors (Lipinski definition) is 4. The van der Waals surface area contributed by atoms with Gasteiger partial charge in [-0.15, -0.1) is 0 Å². The average Bonchev–Trinajstić information content (AvgIpc) is 1.11. The summed E-state index contributed by atoms with van der Waals surface area (Å²) in [5.41, 5.74) is 21.1. The monoisotopic (exact) mass is 1530 g/mol. The van der Waals surface area contributed by atoms with Crippen LogP contribution >= 0.6 is 11.6 Å². The number of aliphatic carboxylic acids is 1. The van der Waals surface area contributed by atoms with Crippen LogP contribution < -0.4 is 60.6 Å². The number of ether oxygens (including phenoxy) is 2. The van der Waals surface area contributed by atoms with Crippen molar-refractivity contribution >= 4 is 75.7 Å². The third-order valence-electron chi connectivity index (χ3n) is 20.5. The van der Waals surface area contributed by atoms with Gasteiger partial charge >= 0.3 is 47.5 Å². The second-order valence-corrected chi connectivity index (χ2v) is 31.0. The van der Waals surface area contributed by atoms with Gasteiger partial charge in [0.2, 0.25) is 0 Å². The van der Waals surface area contributed by atoms with Crippen molar-refractivity contribution in [3.8, 4) is 33.8 Å². The molecule has 3 saturated carbocycles. The smallest absolute Gasteiger partial charge is 0.870 e. The zero-order valence-corrected chi connectivity index (χ0v) is 69.7. The van der Waals surface area contributed by atoms with Crippen molar-refractivity contribution in [1.82, 2.24) is 15.0 Å². The molecule has 0 bridgehead atoms. The molecule has 6 N–H and O–H groups in total. The summed E-state index contributed by atoms with van der Waals surface area (Å²) in [4.78, 5) is 55.8. The molecular weight excluding hydrogens is 1410 g/mol. The number of nitrogen functional groups attached to an aromatic ring is 1. The number of nitrogens with two attached hydrogens (primary N) is 1. The predicted octanol–water partition coefficient (Wildman–Crippen LogP) is 19.6. The normalized spacial score (nSPS) is 14.6. The Kier molecular flexibility index (Phi) is 36.3. The largest absolute Gasteiger partial charge is 1.00 e. The predicted molar refractivity (Wildman–Crippen MR) is 441 cm³/mol. The Hall–Kier alpha value is -8.59. The maximum atomic E-state index is 11.9. The van der Waals surface area contributed by atoms with Gasteiger partial charge in [0.25, 0.3) is 17.4 Å². The first-order chi connectivity index (χ1) is 52.1. The zero-order chi connectivity index (χ0) is 77.1. The molecule has 0 radical (unpaired) electrons. The van der Waals surface area contributed by atoms with Gasteiger partial charge in [0.15, 0.2) is 0 Å². The Bertz CT molecular complexity index is 4190. The average molecular weight is 1530 g/mol. The van der Waals surface area contributed by atoms with Crippen LogP contribution in [0, 0.1) is 17.8 Å². The molecule has 3 aliphatic rings. The van der Waals surface area contributed by atoms with E-state index in [2.05, 4.69) is 132 Å². The molecule has 586 valence electrons. The minimum Gasteiger partial charge on any atom is -0.870 e. The Labute approximate surface area is 679 Å². The first kappa shape index (κ1) is 88.6. The van der Waals surface area contributed by atoms with Crippen molar-refractivity contribution in [3.05, 3.63) is 186 Å². The van der Waals surface area contributed by atoms with Crippen molar-refractivity contribution < 1.29 is 77.2 Å². The molecule has 0 spiro atoms. The molecule has 3 fully saturated rings. The molecule has 0 amide bonds. The van der Waals surface area contributed by atoms with E-state index < -0.39 is 5.97 Å². The molecular formula is C89H117ClN9NaO10. The van der Waals surface area contributed by atoms with Gasteiger partial charge in [-0.1, -0.05) is 229 Å². The van der Waals surface area contributed by atoms with Crippen LogP contribution in [0.5, 0.6) is 0 Å². The van der Waals surface area contributed by atoms with Gasteiger partial charge in [-0.3, -0.25) is 14.4 Å². The molecule has 3 unspecified atom stereocenters. The number of carboxylic acid groups (broad SMARTS) is 1. The maximum absolute atomic E-state index is 11.9. The number of carboxylic acids is 1. The number of oxazole rings is 3. The molecule has 0 aliphatic heterocycles. The third-order valence-corrected chi connectivity index (χ3v) is 20.7. The van der Waals surface area contributed by atoms with Crippen LogP contribution in [0.1, 0.15) is 212 Å². The summed E-state index contributed by atoms with van der Waals surface area (Å²) < 4.78 is 26.2. The molecule has 110 heavy (non-hydrogen) atoms.